The number of nitrogens with one attached hydrogen (secondary N) is 1. The van der Waals surface area contributed by atoms with Crippen molar-refractivity contribution >= 4 is 28.8 Å². The van der Waals surface area contributed by atoms with Crippen LogP contribution in [0.15, 0.2) is 18.2 Å². The van der Waals surface area contributed by atoms with Gasteiger partial charge in [0.05, 0.1) is 16.1 Å². The van der Waals surface area contributed by atoms with Crippen LogP contribution in [0, 0.1) is 6.92 Å². The lowest BCUT2D eigenvalue weighted by Crippen LogP contribution is -2.27. The topological polar surface area (TPSA) is 46.9 Å². The maximum Gasteiger partial charge on any atom is 0.270 e. The highest BCUT2D eigenvalue weighted by molar-refractivity contribution is 7.16. The lowest BCUT2D eigenvalue weighted by Gasteiger charge is -2.11. The molecule has 6 heteroatoms. The highest BCUT2D eigenvalue weighted by Crippen LogP contribution is 2.26. The van der Waals surface area contributed by atoms with E-state index in [0.29, 0.717) is 5.69 Å². The molecule has 0 saturated carbocycles. The molecule has 1 atom stereocenters. The van der Waals surface area contributed by atoms with Crippen LogP contribution in [-0.4, -0.2) is 15.7 Å². The fourth-order valence-electron chi connectivity index (χ4n) is 1.73. The molecule has 1 N–H and O–H groups in total. The summed E-state index contributed by atoms with van der Waals surface area (Å²) in [6, 6.07) is 5.46. The number of hydrogen-bond acceptors (Lipinski definition) is 3. The van der Waals surface area contributed by atoms with Crippen molar-refractivity contribution in [1.29, 1.82) is 0 Å². The van der Waals surface area contributed by atoms with Gasteiger partial charge in [-0.25, -0.2) is 0 Å². The van der Waals surface area contributed by atoms with E-state index in [0.717, 1.165) is 14.9 Å². The van der Waals surface area contributed by atoms with Gasteiger partial charge >= 0.3 is 0 Å². The minimum Gasteiger partial charge on any atom is -0.343 e. The molecule has 0 aliphatic rings. The maximum absolute atomic E-state index is 12.1. The number of rotatable bonds is 3. The highest BCUT2D eigenvalue weighted by atomic mass is 35.5. The molecule has 2 aromatic heterocycles. The van der Waals surface area contributed by atoms with Crippen LogP contribution in [0.5, 0.6) is 0 Å². The molecule has 96 valence electrons. The molecule has 2 aromatic rings. The zero-order valence-electron chi connectivity index (χ0n) is 10.4. The van der Waals surface area contributed by atoms with E-state index in [1.807, 2.05) is 26.0 Å². The molecule has 0 saturated heterocycles. The van der Waals surface area contributed by atoms with Crippen LogP contribution < -0.4 is 5.32 Å². The van der Waals surface area contributed by atoms with E-state index in [2.05, 4.69) is 10.4 Å². The monoisotopic (exact) mass is 283 g/mol. The summed E-state index contributed by atoms with van der Waals surface area (Å²) in [4.78, 5) is 13.1. The van der Waals surface area contributed by atoms with Gasteiger partial charge < -0.3 is 5.32 Å². The van der Waals surface area contributed by atoms with Crippen molar-refractivity contribution < 1.29 is 4.79 Å². The summed E-state index contributed by atoms with van der Waals surface area (Å²) >= 11 is 7.35. The van der Waals surface area contributed by atoms with E-state index in [1.165, 1.54) is 11.3 Å². The number of aryl methyl sites for hydroxylation is 2. The van der Waals surface area contributed by atoms with Crippen LogP contribution in [0.25, 0.3) is 0 Å². The average Bonchev–Trinajstić information content (AvgIpc) is 2.84. The number of thiophene rings is 1. The Balaban J connectivity index is 2.10. The van der Waals surface area contributed by atoms with Gasteiger partial charge in [0, 0.05) is 11.9 Å². The molecular formula is C12H14ClN3OS. The lowest BCUT2D eigenvalue weighted by atomic mass is 10.2. The summed E-state index contributed by atoms with van der Waals surface area (Å²) in [5, 5.41) is 7.09. The molecule has 18 heavy (non-hydrogen) atoms. The first-order valence-electron chi connectivity index (χ1n) is 5.54. The maximum atomic E-state index is 12.1. The van der Waals surface area contributed by atoms with Crippen LogP contribution in [-0.2, 0) is 7.05 Å². The van der Waals surface area contributed by atoms with Gasteiger partial charge in [-0.1, -0.05) is 11.6 Å². The van der Waals surface area contributed by atoms with Gasteiger partial charge in [0.2, 0.25) is 0 Å². The van der Waals surface area contributed by atoms with Gasteiger partial charge in [0.1, 0.15) is 5.69 Å². The Morgan fingerprint density at radius 2 is 2.28 bits per heavy atom. The fourth-order valence-corrected chi connectivity index (χ4v) is 2.79. The molecule has 0 bridgehead atoms. The van der Waals surface area contributed by atoms with Gasteiger partial charge in [-0.2, -0.15) is 5.10 Å². The number of aromatic nitrogens is 2. The molecule has 0 spiro atoms. The molecule has 0 aromatic carbocycles. The number of halogens is 1. The number of carbonyl (C=O) groups is 1. The van der Waals surface area contributed by atoms with Crippen molar-refractivity contribution in [3.63, 3.8) is 0 Å². The first-order valence-corrected chi connectivity index (χ1v) is 6.73. The molecule has 0 fully saturated rings. The van der Waals surface area contributed by atoms with Gasteiger partial charge in [0.25, 0.3) is 5.91 Å². The van der Waals surface area contributed by atoms with E-state index >= 15 is 0 Å². The van der Waals surface area contributed by atoms with Gasteiger partial charge in [-0.3, -0.25) is 9.48 Å². The van der Waals surface area contributed by atoms with Crippen LogP contribution in [0.2, 0.25) is 4.34 Å². The van der Waals surface area contributed by atoms with Crippen LogP contribution >= 0.6 is 22.9 Å². The van der Waals surface area contributed by atoms with E-state index in [1.54, 1.807) is 17.8 Å². The second-order valence-electron chi connectivity index (χ2n) is 4.13. The molecule has 1 unspecified atom stereocenters. The summed E-state index contributed by atoms with van der Waals surface area (Å²) in [7, 11) is 1.76. The predicted octanol–water partition coefficient (Wildman–Crippen LogP) is 2.93. The third-order valence-electron chi connectivity index (χ3n) is 2.60. The minimum atomic E-state index is -0.130. The Hall–Kier alpha value is -1.33. The zero-order valence-corrected chi connectivity index (χ0v) is 12.0. The quantitative estimate of drug-likeness (QED) is 0.941. The SMILES string of the molecule is Cc1cc(C(=O)NC(C)c2ccc(Cl)s2)n(C)n1. The minimum absolute atomic E-state index is 0.0646. The number of amides is 1. The molecule has 2 rings (SSSR count). The molecule has 4 nitrogen and oxygen atoms in total. The van der Waals surface area contributed by atoms with Crippen LogP contribution in [0.1, 0.15) is 34.0 Å². The Bertz CT molecular complexity index is 576. The Kier molecular flexibility index (Phi) is 3.73. The number of hydrogen-bond donors (Lipinski definition) is 1. The smallest absolute Gasteiger partial charge is 0.270 e. The molecular weight excluding hydrogens is 270 g/mol. The molecule has 0 aliphatic heterocycles. The van der Waals surface area contributed by atoms with E-state index < -0.39 is 0 Å². The van der Waals surface area contributed by atoms with E-state index in [4.69, 9.17) is 11.6 Å². The summed E-state index contributed by atoms with van der Waals surface area (Å²) in [5.74, 6) is -0.130. The van der Waals surface area contributed by atoms with Gasteiger partial charge in [-0.05, 0) is 32.0 Å². The molecule has 0 aliphatic carbocycles. The third-order valence-corrected chi connectivity index (χ3v) is 4.02. The van der Waals surface area contributed by atoms with E-state index in [-0.39, 0.29) is 11.9 Å². The molecule has 0 radical (unpaired) electrons. The van der Waals surface area contributed by atoms with Crippen molar-refractivity contribution in [2.45, 2.75) is 19.9 Å². The van der Waals surface area contributed by atoms with Crippen molar-refractivity contribution in [1.82, 2.24) is 15.1 Å². The number of carbonyl (C=O) groups excluding carboxylic acids is 1. The van der Waals surface area contributed by atoms with E-state index in [9.17, 15) is 4.79 Å². The predicted molar refractivity (Wildman–Crippen MR) is 73.2 cm³/mol. The Morgan fingerprint density at radius 1 is 1.56 bits per heavy atom. The van der Waals surface area contributed by atoms with Crippen molar-refractivity contribution in [3.05, 3.63) is 38.8 Å². The standard InChI is InChI=1S/C12H14ClN3OS/c1-7-6-9(16(3)15-7)12(17)14-8(2)10-4-5-11(13)18-10/h4-6,8H,1-3H3,(H,14,17). The highest BCUT2D eigenvalue weighted by Gasteiger charge is 2.16. The van der Waals surface area contributed by atoms with Crippen LogP contribution in [0.4, 0.5) is 0 Å². The first-order chi connectivity index (χ1) is 8.47. The first kappa shape index (κ1) is 13.1. The Morgan fingerprint density at radius 3 is 2.78 bits per heavy atom. The number of nitrogens with zero attached hydrogens (tertiary/aromatic N) is 2. The second-order valence-corrected chi connectivity index (χ2v) is 5.88. The summed E-state index contributed by atoms with van der Waals surface area (Å²) in [6.45, 7) is 3.79. The summed E-state index contributed by atoms with van der Waals surface area (Å²) in [6.07, 6.45) is 0. The lowest BCUT2D eigenvalue weighted by molar-refractivity contribution is 0.0931. The molecule has 1 amide bonds. The fraction of sp³-hybridized carbons (Fsp3) is 0.333. The summed E-state index contributed by atoms with van der Waals surface area (Å²) in [5.41, 5.74) is 1.39. The van der Waals surface area contributed by atoms with Gasteiger partial charge in [-0.15, -0.1) is 11.3 Å². The molecule has 2 heterocycles. The van der Waals surface area contributed by atoms with Crippen molar-refractivity contribution in [2.75, 3.05) is 0 Å². The average molecular weight is 284 g/mol. The van der Waals surface area contributed by atoms with Crippen molar-refractivity contribution in [3.8, 4) is 0 Å². The Labute approximate surface area is 115 Å². The summed E-state index contributed by atoms with van der Waals surface area (Å²) < 4.78 is 2.31. The zero-order chi connectivity index (χ0) is 13.3. The third kappa shape index (κ3) is 2.73. The largest absolute Gasteiger partial charge is 0.343 e. The van der Waals surface area contributed by atoms with Crippen molar-refractivity contribution in [2.24, 2.45) is 7.05 Å². The van der Waals surface area contributed by atoms with Crippen LogP contribution in [0.3, 0.4) is 0 Å². The van der Waals surface area contributed by atoms with Gasteiger partial charge in [0.15, 0.2) is 0 Å². The normalized spacial score (nSPS) is 12.4. The second kappa shape index (κ2) is 5.12.